The van der Waals surface area contributed by atoms with Gasteiger partial charge in [0.05, 0.1) is 12.7 Å². The molecule has 0 spiro atoms. The average molecular weight is 254 g/mol. The SMILES string of the molecule is COc1ccc(N)cc1C(=O)N(C)CCSC. The van der Waals surface area contributed by atoms with Crippen molar-refractivity contribution in [3.63, 3.8) is 0 Å². The molecule has 0 heterocycles. The molecule has 0 unspecified atom stereocenters. The van der Waals surface area contributed by atoms with Crippen LogP contribution in [-0.2, 0) is 0 Å². The summed E-state index contributed by atoms with van der Waals surface area (Å²) in [6, 6.07) is 5.08. The molecule has 1 amide bonds. The van der Waals surface area contributed by atoms with E-state index in [1.807, 2.05) is 6.26 Å². The van der Waals surface area contributed by atoms with Crippen LogP contribution < -0.4 is 10.5 Å². The van der Waals surface area contributed by atoms with E-state index < -0.39 is 0 Å². The number of hydrogen-bond acceptors (Lipinski definition) is 4. The van der Waals surface area contributed by atoms with Crippen LogP contribution in [-0.4, -0.2) is 43.5 Å². The lowest BCUT2D eigenvalue weighted by atomic mass is 10.1. The van der Waals surface area contributed by atoms with E-state index in [0.717, 1.165) is 5.75 Å². The highest BCUT2D eigenvalue weighted by atomic mass is 32.2. The molecule has 0 aliphatic rings. The normalized spacial score (nSPS) is 10.1. The number of nitrogens with two attached hydrogens (primary N) is 1. The number of hydrogen-bond donors (Lipinski definition) is 1. The number of carbonyl (C=O) groups is 1. The third kappa shape index (κ3) is 3.56. The number of ether oxygens (including phenoxy) is 1. The summed E-state index contributed by atoms with van der Waals surface area (Å²) in [5.41, 5.74) is 6.76. The van der Waals surface area contributed by atoms with Crippen LogP contribution in [0.15, 0.2) is 18.2 Å². The number of anilines is 1. The molecule has 4 nitrogen and oxygen atoms in total. The van der Waals surface area contributed by atoms with Gasteiger partial charge in [-0.2, -0.15) is 11.8 Å². The van der Waals surface area contributed by atoms with Crippen molar-refractivity contribution in [2.24, 2.45) is 0 Å². The molecule has 0 atom stereocenters. The van der Waals surface area contributed by atoms with Crippen molar-refractivity contribution < 1.29 is 9.53 Å². The number of rotatable bonds is 5. The highest BCUT2D eigenvalue weighted by Gasteiger charge is 2.16. The Labute approximate surface area is 106 Å². The van der Waals surface area contributed by atoms with Gasteiger partial charge in [0.1, 0.15) is 5.75 Å². The number of amides is 1. The number of nitrogens with zero attached hydrogens (tertiary/aromatic N) is 1. The van der Waals surface area contributed by atoms with E-state index in [9.17, 15) is 4.79 Å². The molecular weight excluding hydrogens is 236 g/mol. The molecule has 0 aliphatic heterocycles. The van der Waals surface area contributed by atoms with E-state index in [0.29, 0.717) is 23.5 Å². The minimum absolute atomic E-state index is 0.0665. The molecule has 1 rings (SSSR count). The van der Waals surface area contributed by atoms with Crippen molar-refractivity contribution in [2.45, 2.75) is 0 Å². The van der Waals surface area contributed by atoms with Gasteiger partial charge in [-0.3, -0.25) is 4.79 Å². The van der Waals surface area contributed by atoms with Crippen molar-refractivity contribution in [3.8, 4) is 5.75 Å². The second-order valence-electron chi connectivity index (χ2n) is 3.68. The van der Waals surface area contributed by atoms with E-state index in [1.54, 1.807) is 49.0 Å². The van der Waals surface area contributed by atoms with Crippen LogP contribution in [0.1, 0.15) is 10.4 Å². The van der Waals surface area contributed by atoms with Crippen LogP contribution in [0.3, 0.4) is 0 Å². The summed E-state index contributed by atoms with van der Waals surface area (Å²) in [6.45, 7) is 0.706. The van der Waals surface area contributed by atoms with Crippen LogP contribution in [0.5, 0.6) is 5.75 Å². The lowest BCUT2D eigenvalue weighted by molar-refractivity contribution is 0.0800. The molecular formula is C12H18N2O2S. The van der Waals surface area contributed by atoms with Gasteiger partial charge in [-0.05, 0) is 24.5 Å². The van der Waals surface area contributed by atoms with Crippen LogP contribution in [0.25, 0.3) is 0 Å². The molecule has 2 N–H and O–H groups in total. The van der Waals surface area contributed by atoms with E-state index >= 15 is 0 Å². The first kappa shape index (κ1) is 13.7. The fourth-order valence-electron chi connectivity index (χ4n) is 1.43. The Balaban J connectivity index is 2.90. The second-order valence-corrected chi connectivity index (χ2v) is 4.66. The summed E-state index contributed by atoms with van der Waals surface area (Å²) in [5, 5.41) is 0. The van der Waals surface area contributed by atoms with Crippen molar-refractivity contribution in [1.82, 2.24) is 4.90 Å². The van der Waals surface area contributed by atoms with Crippen LogP contribution in [0, 0.1) is 0 Å². The molecule has 0 aromatic heterocycles. The Morgan fingerprint density at radius 3 is 2.82 bits per heavy atom. The zero-order chi connectivity index (χ0) is 12.8. The molecule has 0 aliphatic carbocycles. The summed E-state index contributed by atoms with van der Waals surface area (Å²) in [6.07, 6.45) is 2.01. The Kier molecular flexibility index (Phi) is 5.15. The zero-order valence-electron chi connectivity index (χ0n) is 10.4. The van der Waals surface area contributed by atoms with Crippen LogP contribution >= 0.6 is 11.8 Å². The molecule has 1 aromatic carbocycles. The molecule has 17 heavy (non-hydrogen) atoms. The summed E-state index contributed by atoms with van der Waals surface area (Å²) < 4.78 is 5.17. The van der Waals surface area contributed by atoms with Crippen LogP contribution in [0.4, 0.5) is 5.69 Å². The maximum Gasteiger partial charge on any atom is 0.257 e. The van der Waals surface area contributed by atoms with Crippen LogP contribution in [0.2, 0.25) is 0 Å². The smallest absolute Gasteiger partial charge is 0.257 e. The van der Waals surface area contributed by atoms with Gasteiger partial charge in [-0.25, -0.2) is 0 Å². The van der Waals surface area contributed by atoms with Crippen molar-refractivity contribution >= 4 is 23.4 Å². The van der Waals surface area contributed by atoms with Crippen molar-refractivity contribution in [3.05, 3.63) is 23.8 Å². The summed E-state index contributed by atoms with van der Waals surface area (Å²) in [4.78, 5) is 13.8. The topological polar surface area (TPSA) is 55.6 Å². The molecule has 94 valence electrons. The number of thioether (sulfide) groups is 1. The summed E-state index contributed by atoms with van der Waals surface area (Å²) in [7, 11) is 3.32. The van der Waals surface area contributed by atoms with Gasteiger partial charge in [0.15, 0.2) is 0 Å². The minimum Gasteiger partial charge on any atom is -0.496 e. The highest BCUT2D eigenvalue weighted by molar-refractivity contribution is 7.98. The lowest BCUT2D eigenvalue weighted by Crippen LogP contribution is -2.29. The monoisotopic (exact) mass is 254 g/mol. The third-order valence-corrected chi connectivity index (χ3v) is 3.02. The Morgan fingerprint density at radius 1 is 1.53 bits per heavy atom. The summed E-state index contributed by atoms with van der Waals surface area (Å²) >= 11 is 1.71. The lowest BCUT2D eigenvalue weighted by Gasteiger charge is -2.18. The largest absolute Gasteiger partial charge is 0.496 e. The predicted molar refractivity (Wildman–Crippen MR) is 72.7 cm³/mol. The molecule has 0 saturated carbocycles. The summed E-state index contributed by atoms with van der Waals surface area (Å²) in [5.74, 6) is 1.40. The molecule has 5 heteroatoms. The maximum atomic E-state index is 12.2. The fraction of sp³-hybridized carbons (Fsp3) is 0.417. The van der Waals surface area contributed by atoms with Gasteiger partial charge in [-0.15, -0.1) is 0 Å². The first-order valence-electron chi connectivity index (χ1n) is 5.28. The fourth-order valence-corrected chi connectivity index (χ4v) is 1.88. The quantitative estimate of drug-likeness (QED) is 0.813. The van der Waals surface area contributed by atoms with Gasteiger partial charge in [0.25, 0.3) is 5.91 Å². The number of carbonyl (C=O) groups excluding carboxylic acids is 1. The van der Waals surface area contributed by atoms with Gasteiger partial charge in [0, 0.05) is 25.0 Å². The average Bonchev–Trinajstić information content (AvgIpc) is 2.34. The molecule has 1 aromatic rings. The van der Waals surface area contributed by atoms with Crippen molar-refractivity contribution in [2.75, 3.05) is 38.4 Å². The zero-order valence-corrected chi connectivity index (χ0v) is 11.2. The number of methoxy groups -OCH3 is 1. The van der Waals surface area contributed by atoms with Gasteiger partial charge >= 0.3 is 0 Å². The first-order valence-corrected chi connectivity index (χ1v) is 6.67. The number of nitrogen functional groups attached to an aromatic ring is 1. The maximum absolute atomic E-state index is 12.2. The first-order chi connectivity index (χ1) is 8.10. The molecule has 0 bridgehead atoms. The van der Waals surface area contributed by atoms with Gasteiger partial charge in [0.2, 0.25) is 0 Å². The Bertz CT molecular complexity index is 396. The van der Waals surface area contributed by atoms with E-state index in [1.165, 1.54) is 0 Å². The predicted octanol–water partition coefficient (Wildman–Crippen LogP) is 1.71. The highest BCUT2D eigenvalue weighted by Crippen LogP contribution is 2.22. The number of benzene rings is 1. The van der Waals surface area contributed by atoms with E-state index in [-0.39, 0.29) is 5.91 Å². The van der Waals surface area contributed by atoms with Gasteiger partial charge < -0.3 is 15.4 Å². The molecule has 0 saturated heterocycles. The van der Waals surface area contributed by atoms with Crippen molar-refractivity contribution in [1.29, 1.82) is 0 Å². The minimum atomic E-state index is -0.0665. The third-order valence-electron chi connectivity index (χ3n) is 2.43. The molecule has 0 radical (unpaired) electrons. The Morgan fingerprint density at radius 2 is 2.24 bits per heavy atom. The second kappa shape index (κ2) is 6.39. The standard InChI is InChI=1S/C12H18N2O2S/c1-14(6-7-17-3)12(15)10-8-9(13)4-5-11(10)16-2/h4-5,8H,6-7,13H2,1-3H3. The van der Waals surface area contributed by atoms with E-state index in [4.69, 9.17) is 10.5 Å². The van der Waals surface area contributed by atoms with E-state index in [2.05, 4.69) is 0 Å². The van der Waals surface area contributed by atoms with Gasteiger partial charge in [-0.1, -0.05) is 0 Å². The molecule has 0 fully saturated rings. The Hall–Kier alpha value is -1.36.